The van der Waals surface area contributed by atoms with Crippen molar-refractivity contribution in [3.8, 4) is 0 Å². The molecule has 0 spiro atoms. The van der Waals surface area contributed by atoms with Gasteiger partial charge in [0.15, 0.2) is 0 Å². The Hall–Kier alpha value is -1.57. The van der Waals surface area contributed by atoms with E-state index < -0.39 is 18.6 Å². The molecule has 1 amide bonds. The van der Waals surface area contributed by atoms with Crippen molar-refractivity contribution in [2.45, 2.75) is 38.4 Å². The lowest BCUT2D eigenvalue weighted by Crippen LogP contribution is -2.37. The molecule has 24 heavy (non-hydrogen) atoms. The van der Waals surface area contributed by atoms with Crippen LogP contribution in [-0.4, -0.2) is 52.9 Å². The SMILES string of the molecule is O=C(NC[C@@H](CN1CCCC1)C1CC1)c1ccnn1CC(F)(F)F. The van der Waals surface area contributed by atoms with E-state index in [2.05, 4.69) is 15.3 Å². The van der Waals surface area contributed by atoms with Gasteiger partial charge in [0.1, 0.15) is 12.2 Å². The molecule has 2 heterocycles. The van der Waals surface area contributed by atoms with Gasteiger partial charge in [-0.2, -0.15) is 18.3 Å². The predicted molar refractivity (Wildman–Crippen MR) is 82.5 cm³/mol. The van der Waals surface area contributed by atoms with Gasteiger partial charge >= 0.3 is 6.18 Å². The van der Waals surface area contributed by atoms with Crippen LogP contribution in [0.2, 0.25) is 0 Å². The zero-order valence-electron chi connectivity index (χ0n) is 13.6. The van der Waals surface area contributed by atoms with Gasteiger partial charge in [0.2, 0.25) is 0 Å². The Labute approximate surface area is 139 Å². The molecule has 8 heteroatoms. The molecule has 134 valence electrons. The topological polar surface area (TPSA) is 50.2 Å². The smallest absolute Gasteiger partial charge is 0.350 e. The van der Waals surface area contributed by atoms with Crippen LogP contribution in [0.3, 0.4) is 0 Å². The Morgan fingerprint density at radius 2 is 2.04 bits per heavy atom. The van der Waals surface area contributed by atoms with Gasteiger partial charge in [0.05, 0.1) is 0 Å². The third-order valence-corrected chi connectivity index (χ3v) is 4.78. The van der Waals surface area contributed by atoms with Gasteiger partial charge in [-0.1, -0.05) is 0 Å². The van der Waals surface area contributed by atoms with E-state index in [0.717, 1.165) is 19.6 Å². The van der Waals surface area contributed by atoms with Crippen molar-refractivity contribution in [2.75, 3.05) is 26.2 Å². The van der Waals surface area contributed by atoms with Gasteiger partial charge in [0, 0.05) is 19.3 Å². The number of hydrogen-bond donors (Lipinski definition) is 1. The number of carbonyl (C=O) groups is 1. The number of halogens is 3. The first-order valence-electron chi connectivity index (χ1n) is 8.51. The molecule has 1 N–H and O–H groups in total. The lowest BCUT2D eigenvalue weighted by molar-refractivity contribution is -0.142. The van der Waals surface area contributed by atoms with Crippen LogP contribution in [-0.2, 0) is 6.54 Å². The predicted octanol–water partition coefficient (Wildman–Crippen LogP) is 2.30. The van der Waals surface area contributed by atoms with Crippen LogP contribution >= 0.6 is 0 Å². The van der Waals surface area contributed by atoms with E-state index in [1.165, 1.54) is 37.9 Å². The summed E-state index contributed by atoms with van der Waals surface area (Å²) in [6, 6.07) is 1.33. The molecule has 1 atom stereocenters. The lowest BCUT2D eigenvalue weighted by Gasteiger charge is -2.23. The fourth-order valence-electron chi connectivity index (χ4n) is 3.38. The minimum absolute atomic E-state index is 0.0388. The summed E-state index contributed by atoms with van der Waals surface area (Å²) in [4.78, 5) is 14.7. The number of amides is 1. The average molecular weight is 344 g/mol. The second kappa shape index (κ2) is 7.13. The fraction of sp³-hybridized carbons (Fsp3) is 0.750. The van der Waals surface area contributed by atoms with Gasteiger partial charge in [-0.3, -0.25) is 9.48 Å². The fourth-order valence-corrected chi connectivity index (χ4v) is 3.38. The average Bonchev–Trinajstić information content (AvgIpc) is 3.03. The largest absolute Gasteiger partial charge is 0.408 e. The highest BCUT2D eigenvalue weighted by Crippen LogP contribution is 2.37. The molecule has 1 saturated carbocycles. The minimum atomic E-state index is -4.40. The van der Waals surface area contributed by atoms with Crippen molar-refractivity contribution in [1.29, 1.82) is 0 Å². The third kappa shape index (κ3) is 4.72. The molecule has 1 aliphatic heterocycles. The molecule has 5 nitrogen and oxygen atoms in total. The van der Waals surface area contributed by atoms with E-state index in [9.17, 15) is 18.0 Å². The summed E-state index contributed by atoms with van der Waals surface area (Å²) >= 11 is 0. The van der Waals surface area contributed by atoms with E-state index >= 15 is 0 Å². The van der Waals surface area contributed by atoms with E-state index in [-0.39, 0.29) is 5.69 Å². The first kappa shape index (κ1) is 17.3. The minimum Gasteiger partial charge on any atom is -0.350 e. The van der Waals surface area contributed by atoms with Gasteiger partial charge in [-0.15, -0.1) is 0 Å². The second-order valence-electron chi connectivity index (χ2n) is 6.80. The van der Waals surface area contributed by atoms with Crippen molar-refractivity contribution in [1.82, 2.24) is 20.0 Å². The van der Waals surface area contributed by atoms with E-state index in [1.807, 2.05) is 0 Å². The number of nitrogens with zero attached hydrogens (tertiary/aromatic N) is 3. The van der Waals surface area contributed by atoms with Crippen LogP contribution in [0.4, 0.5) is 13.2 Å². The normalized spacial score (nSPS) is 20.3. The molecule has 0 aromatic carbocycles. The Balaban J connectivity index is 1.55. The monoisotopic (exact) mass is 344 g/mol. The number of alkyl halides is 3. The van der Waals surface area contributed by atoms with Crippen LogP contribution in [0, 0.1) is 11.8 Å². The number of carbonyl (C=O) groups excluding carboxylic acids is 1. The first-order valence-corrected chi connectivity index (χ1v) is 8.51. The quantitative estimate of drug-likeness (QED) is 0.826. The van der Waals surface area contributed by atoms with Crippen LogP contribution in [0.5, 0.6) is 0 Å². The van der Waals surface area contributed by atoms with E-state index in [4.69, 9.17) is 0 Å². The van der Waals surface area contributed by atoms with Crippen molar-refractivity contribution >= 4 is 5.91 Å². The molecule has 3 rings (SSSR count). The number of hydrogen-bond acceptors (Lipinski definition) is 3. The Morgan fingerprint density at radius 1 is 1.33 bits per heavy atom. The number of likely N-dealkylation sites (tertiary alicyclic amines) is 1. The zero-order valence-corrected chi connectivity index (χ0v) is 13.6. The highest BCUT2D eigenvalue weighted by Gasteiger charge is 2.34. The van der Waals surface area contributed by atoms with Crippen LogP contribution in [0.15, 0.2) is 12.3 Å². The molecule has 0 radical (unpaired) electrons. The van der Waals surface area contributed by atoms with Crippen LogP contribution in [0.1, 0.15) is 36.2 Å². The Morgan fingerprint density at radius 3 is 2.67 bits per heavy atom. The first-order chi connectivity index (χ1) is 11.4. The Kier molecular flexibility index (Phi) is 5.12. The molecular weight excluding hydrogens is 321 g/mol. The maximum Gasteiger partial charge on any atom is 0.408 e. The molecule has 0 bridgehead atoms. The lowest BCUT2D eigenvalue weighted by atomic mass is 10.0. The zero-order chi connectivity index (χ0) is 17.2. The third-order valence-electron chi connectivity index (χ3n) is 4.78. The summed E-state index contributed by atoms with van der Waals surface area (Å²) in [6.07, 6.45) is 1.64. The summed E-state index contributed by atoms with van der Waals surface area (Å²) in [5, 5.41) is 6.42. The molecule has 1 saturated heterocycles. The maximum absolute atomic E-state index is 12.5. The van der Waals surface area contributed by atoms with Gasteiger partial charge in [-0.25, -0.2) is 0 Å². The summed E-state index contributed by atoms with van der Waals surface area (Å²) in [6.45, 7) is 2.44. The van der Waals surface area contributed by atoms with Crippen LogP contribution < -0.4 is 5.32 Å². The summed E-state index contributed by atoms with van der Waals surface area (Å²) in [5.74, 6) is 0.529. The number of rotatable bonds is 7. The molecule has 2 aliphatic rings. The number of aromatic nitrogens is 2. The van der Waals surface area contributed by atoms with Crippen molar-refractivity contribution in [2.24, 2.45) is 11.8 Å². The number of nitrogens with one attached hydrogen (secondary N) is 1. The van der Waals surface area contributed by atoms with Gasteiger partial charge in [0.25, 0.3) is 5.91 Å². The molecule has 1 aromatic rings. The summed E-state index contributed by atoms with van der Waals surface area (Å²) < 4.78 is 38.3. The summed E-state index contributed by atoms with van der Waals surface area (Å²) in [5.41, 5.74) is -0.0388. The Bertz CT molecular complexity index is 562. The van der Waals surface area contributed by atoms with E-state index in [1.54, 1.807) is 0 Å². The molecular formula is C16H23F3N4O. The van der Waals surface area contributed by atoms with E-state index in [0.29, 0.717) is 23.1 Å². The molecule has 1 aromatic heterocycles. The highest BCUT2D eigenvalue weighted by atomic mass is 19.4. The maximum atomic E-state index is 12.5. The van der Waals surface area contributed by atoms with Crippen molar-refractivity contribution < 1.29 is 18.0 Å². The molecule has 0 unspecified atom stereocenters. The van der Waals surface area contributed by atoms with Gasteiger partial charge in [-0.05, 0) is 56.7 Å². The second-order valence-corrected chi connectivity index (χ2v) is 6.80. The van der Waals surface area contributed by atoms with Crippen molar-refractivity contribution in [3.63, 3.8) is 0 Å². The van der Waals surface area contributed by atoms with Crippen LogP contribution in [0.25, 0.3) is 0 Å². The summed E-state index contributed by atoms with van der Waals surface area (Å²) in [7, 11) is 0. The molecule has 2 fully saturated rings. The van der Waals surface area contributed by atoms with Gasteiger partial charge < -0.3 is 10.2 Å². The highest BCUT2D eigenvalue weighted by molar-refractivity contribution is 5.92. The standard InChI is InChI=1S/C16H23F3N4O/c17-16(18,19)11-23-14(5-6-21-23)15(24)20-9-13(12-3-4-12)10-22-7-1-2-8-22/h5-6,12-13H,1-4,7-11H2,(H,20,24)/t13-/m0/s1. The molecule has 1 aliphatic carbocycles. The van der Waals surface area contributed by atoms with Crippen molar-refractivity contribution in [3.05, 3.63) is 18.0 Å².